The van der Waals surface area contributed by atoms with Gasteiger partial charge >= 0.3 is 12.3 Å². The van der Waals surface area contributed by atoms with Crippen molar-refractivity contribution >= 4 is 5.97 Å². The average molecular weight is 259 g/mol. The van der Waals surface area contributed by atoms with Gasteiger partial charge in [0, 0.05) is 0 Å². The highest BCUT2D eigenvalue weighted by Crippen LogP contribution is 2.28. The van der Waals surface area contributed by atoms with Crippen LogP contribution >= 0.6 is 0 Å². The Balaban J connectivity index is 3.19. The molecule has 4 nitrogen and oxygen atoms in total. The molecular formula is C11H8F3NO3. The zero-order chi connectivity index (χ0) is 13.8. The van der Waals surface area contributed by atoms with Crippen molar-refractivity contribution in [2.24, 2.45) is 0 Å². The third kappa shape index (κ3) is 3.38. The lowest BCUT2D eigenvalue weighted by atomic mass is 10.1. The quantitative estimate of drug-likeness (QED) is 0.783. The van der Waals surface area contributed by atoms with E-state index in [0.717, 1.165) is 6.07 Å². The van der Waals surface area contributed by atoms with Crippen molar-refractivity contribution in [3.63, 3.8) is 0 Å². The lowest BCUT2D eigenvalue weighted by Crippen LogP contribution is -2.19. The molecular weight excluding hydrogens is 251 g/mol. The SMILES string of the molecule is CCOC(=O)c1cccc(OC(F)(F)F)c1C#N. The Bertz CT molecular complexity index is 491. The van der Waals surface area contributed by atoms with E-state index in [1.165, 1.54) is 18.2 Å². The molecule has 0 saturated carbocycles. The van der Waals surface area contributed by atoms with Gasteiger partial charge in [-0.3, -0.25) is 0 Å². The monoisotopic (exact) mass is 259 g/mol. The van der Waals surface area contributed by atoms with E-state index in [4.69, 9.17) is 5.26 Å². The second-order valence-electron chi connectivity index (χ2n) is 3.06. The van der Waals surface area contributed by atoms with Gasteiger partial charge in [-0.15, -0.1) is 13.2 Å². The topological polar surface area (TPSA) is 59.3 Å². The number of hydrogen-bond acceptors (Lipinski definition) is 4. The van der Waals surface area contributed by atoms with Gasteiger partial charge in [0.05, 0.1) is 12.2 Å². The summed E-state index contributed by atoms with van der Waals surface area (Å²) in [4.78, 5) is 11.4. The Labute approximate surface area is 101 Å². The molecule has 18 heavy (non-hydrogen) atoms. The first kappa shape index (κ1) is 13.8. The summed E-state index contributed by atoms with van der Waals surface area (Å²) >= 11 is 0. The highest BCUT2D eigenvalue weighted by atomic mass is 19.4. The van der Waals surface area contributed by atoms with Crippen molar-refractivity contribution in [1.29, 1.82) is 5.26 Å². The van der Waals surface area contributed by atoms with Gasteiger partial charge in [0.2, 0.25) is 0 Å². The minimum atomic E-state index is -4.93. The number of hydrogen-bond donors (Lipinski definition) is 0. The second-order valence-corrected chi connectivity index (χ2v) is 3.06. The third-order valence-corrected chi connectivity index (χ3v) is 1.86. The molecule has 0 spiro atoms. The van der Waals surface area contributed by atoms with E-state index >= 15 is 0 Å². The van der Waals surface area contributed by atoms with Crippen LogP contribution in [0.4, 0.5) is 13.2 Å². The fourth-order valence-corrected chi connectivity index (χ4v) is 1.24. The molecule has 7 heteroatoms. The highest BCUT2D eigenvalue weighted by Gasteiger charge is 2.33. The van der Waals surface area contributed by atoms with E-state index in [0.29, 0.717) is 0 Å². The van der Waals surface area contributed by atoms with E-state index in [1.807, 2.05) is 0 Å². The molecule has 0 fully saturated rings. The predicted octanol–water partition coefficient (Wildman–Crippen LogP) is 2.63. The smallest absolute Gasteiger partial charge is 0.462 e. The van der Waals surface area contributed by atoms with Crippen molar-refractivity contribution in [3.8, 4) is 11.8 Å². The van der Waals surface area contributed by atoms with Gasteiger partial charge in [-0.05, 0) is 19.1 Å². The Morgan fingerprint density at radius 1 is 1.44 bits per heavy atom. The molecule has 0 saturated heterocycles. The zero-order valence-electron chi connectivity index (χ0n) is 9.25. The van der Waals surface area contributed by atoms with E-state index in [9.17, 15) is 18.0 Å². The maximum absolute atomic E-state index is 12.1. The van der Waals surface area contributed by atoms with Crippen LogP contribution in [-0.4, -0.2) is 18.9 Å². The third-order valence-electron chi connectivity index (χ3n) is 1.86. The molecule has 0 heterocycles. The summed E-state index contributed by atoms with van der Waals surface area (Å²) in [6, 6.07) is 4.82. The van der Waals surface area contributed by atoms with Gasteiger partial charge in [-0.1, -0.05) is 6.07 Å². The number of nitrogens with zero attached hydrogens (tertiary/aromatic N) is 1. The van der Waals surface area contributed by atoms with Gasteiger partial charge in [0.1, 0.15) is 17.4 Å². The van der Waals surface area contributed by atoms with Gasteiger partial charge in [-0.2, -0.15) is 5.26 Å². The molecule has 0 amide bonds. The van der Waals surface area contributed by atoms with Crippen LogP contribution in [0.5, 0.6) is 5.75 Å². The van der Waals surface area contributed by atoms with Crippen LogP contribution in [-0.2, 0) is 4.74 Å². The lowest BCUT2D eigenvalue weighted by Gasteiger charge is -2.12. The molecule has 0 N–H and O–H groups in total. The second kappa shape index (κ2) is 5.40. The molecule has 0 bridgehead atoms. The van der Waals surface area contributed by atoms with Gasteiger partial charge < -0.3 is 9.47 Å². The highest BCUT2D eigenvalue weighted by molar-refractivity contribution is 5.93. The fourth-order valence-electron chi connectivity index (χ4n) is 1.24. The Hall–Kier alpha value is -2.23. The fraction of sp³-hybridized carbons (Fsp3) is 0.273. The number of benzene rings is 1. The predicted molar refractivity (Wildman–Crippen MR) is 53.8 cm³/mol. The van der Waals surface area contributed by atoms with Crippen LogP contribution in [0, 0.1) is 11.3 Å². The molecule has 1 rings (SSSR count). The van der Waals surface area contributed by atoms with Crippen LogP contribution in [0.15, 0.2) is 18.2 Å². The minimum Gasteiger partial charge on any atom is -0.462 e. The van der Waals surface area contributed by atoms with Crippen molar-refractivity contribution in [2.45, 2.75) is 13.3 Å². The van der Waals surface area contributed by atoms with E-state index in [2.05, 4.69) is 9.47 Å². The summed E-state index contributed by atoms with van der Waals surface area (Å²) in [6.45, 7) is 1.59. The van der Waals surface area contributed by atoms with Gasteiger partial charge in [0.25, 0.3) is 0 Å². The molecule has 0 radical (unpaired) electrons. The van der Waals surface area contributed by atoms with Gasteiger partial charge in [0.15, 0.2) is 0 Å². The summed E-state index contributed by atoms with van der Waals surface area (Å²) < 4.78 is 44.6. The number of halogens is 3. The summed E-state index contributed by atoms with van der Waals surface area (Å²) in [5, 5.41) is 8.81. The van der Waals surface area contributed by atoms with Crippen molar-refractivity contribution in [1.82, 2.24) is 0 Å². The molecule has 0 aliphatic rings. The van der Waals surface area contributed by atoms with Crippen LogP contribution < -0.4 is 4.74 Å². The van der Waals surface area contributed by atoms with Crippen molar-refractivity contribution in [3.05, 3.63) is 29.3 Å². The molecule has 0 aromatic heterocycles. The maximum Gasteiger partial charge on any atom is 0.573 e. The van der Waals surface area contributed by atoms with Crippen LogP contribution in [0.1, 0.15) is 22.8 Å². The molecule has 1 aromatic rings. The van der Waals surface area contributed by atoms with Crippen LogP contribution in [0.3, 0.4) is 0 Å². The number of rotatable bonds is 3. The lowest BCUT2D eigenvalue weighted by molar-refractivity contribution is -0.274. The van der Waals surface area contributed by atoms with E-state index in [1.54, 1.807) is 6.92 Å². The zero-order valence-corrected chi connectivity index (χ0v) is 9.25. The first-order valence-corrected chi connectivity index (χ1v) is 4.85. The van der Waals surface area contributed by atoms with Crippen molar-refractivity contribution < 1.29 is 27.4 Å². The Morgan fingerprint density at radius 2 is 2.11 bits per heavy atom. The first-order valence-electron chi connectivity index (χ1n) is 4.85. The molecule has 1 aromatic carbocycles. The number of nitriles is 1. The molecule has 0 aliphatic heterocycles. The molecule has 0 unspecified atom stereocenters. The first-order chi connectivity index (χ1) is 8.39. The molecule has 0 atom stereocenters. The van der Waals surface area contributed by atoms with E-state index in [-0.39, 0.29) is 12.2 Å². The standard InChI is InChI=1S/C11H8F3NO3/c1-2-17-10(16)7-4-3-5-9(8(7)6-15)18-11(12,13)14/h3-5H,2H2,1H3. The molecule has 96 valence electrons. The summed E-state index contributed by atoms with van der Waals surface area (Å²) in [5.74, 6) is -1.60. The largest absolute Gasteiger partial charge is 0.573 e. The van der Waals surface area contributed by atoms with Gasteiger partial charge in [-0.25, -0.2) is 4.79 Å². The summed E-state index contributed by atoms with van der Waals surface area (Å²) in [6.07, 6.45) is -4.93. The number of carbonyl (C=O) groups is 1. The Kier molecular flexibility index (Phi) is 4.15. The number of esters is 1. The number of ether oxygens (including phenoxy) is 2. The average Bonchev–Trinajstić information content (AvgIpc) is 2.27. The summed E-state index contributed by atoms with van der Waals surface area (Å²) in [7, 11) is 0. The normalized spacial score (nSPS) is 10.6. The summed E-state index contributed by atoms with van der Waals surface area (Å²) in [5.41, 5.74) is -0.769. The van der Waals surface area contributed by atoms with E-state index < -0.39 is 23.6 Å². The number of carbonyl (C=O) groups excluding carboxylic acids is 1. The van der Waals surface area contributed by atoms with Crippen LogP contribution in [0.2, 0.25) is 0 Å². The Morgan fingerprint density at radius 3 is 2.61 bits per heavy atom. The number of alkyl halides is 3. The van der Waals surface area contributed by atoms with Crippen molar-refractivity contribution in [2.75, 3.05) is 6.61 Å². The van der Waals surface area contributed by atoms with Crippen LogP contribution in [0.25, 0.3) is 0 Å². The minimum absolute atomic E-state index is 0.0497. The molecule has 0 aliphatic carbocycles. The maximum atomic E-state index is 12.1.